The summed E-state index contributed by atoms with van der Waals surface area (Å²) in [6, 6.07) is 15.7. The topological polar surface area (TPSA) is 239 Å². The van der Waals surface area contributed by atoms with E-state index in [4.69, 9.17) is 15.3 Å². The van der Waals surface area contributed by atoms with Gasteiger partial charge in [0, 0.05) is 25.1 Å². The van der Waals surface area contributed by atoms with Gasteiger partial charge in [-0.3, -0.25) is 37.9 Å². The third-order valence-electron chi connectivity index (χ3n) is 11.1. The zero-order valence-electron chi connectivity index (χ0n) is 39.8. The number of amides is 5. The van der Waals surface area contributed by atoms with Crippen molar-refractivity contribution < 1.29 is 55.6 Å². The molecule has 1 saturated heterocycles. The fourth-order valence-electron chi connectivity index (χ4n) is 7.48. The van der Waals surface area contributed by atoms with E-state index in [-0.39, 0.29) is 62.1 Å². The maximum Gasteiger partial charge on any atom is 0.300 e. The van der Waals surface area contributed by atoms with E-state index in [2.05, 4.69) is 32.5 Å². The lowest BCUT2D eigenvalue weighted by Crippen LogP contribution is -2.60. The van der Waals surface area contributed by atoms with Crippen LogP contribution in [0.15, 0.2) is 83.8 Å². The SMILES string of the molecule is C#CCNC(=O)c1ccc(F)c(S(=O)(=O)OC[C@@](C)(O)C(=O)[C@H](CC(C)C)NC(=O)[C@H](Cc2ccccc2)NC(=O)[C@H](CC(C)C)NC(=O)[C@H](CCc2ccccc2)NC(=O)CN2CCOCC2)c1. The van der Waals surface area contributed by atoms with Gasteiger partial charge in [0.15, 0.2) is 5.78 Å². The number of nitrogens with one attached hydrogen (secondary N) is 5. The number of Topliss-reactive ketones (excluding diaryl/α,β-unsaturated/α-hetero) is 1. The highest BCUT2D eigenvalue weighted by Crippen LogP contribution is 2.23. The van der Waals surface area contributed by atoms with Gasteiger partial charge in [0.25, 0.3) is 16.0 Å². The number of rotatable bonds is 26. The highest BCUT2D eigenvalue weighted by Gasteiger charge is 2.41. The molecule has 1 fully saturated rings. The van der Waals surface area contributed by atoms with E-state index in [1.165, 1.54) is 0 Å². The Balaban J connectivity index is 1.55. The predicted octanol–water partition coefficient (Wildman–Crippen LogP) is 2.45. The van der Waals surface area contributed by atoms with Gasteiger partial charge in [0.2, 0.25) is 23.6 Å². The monoisotopic (exact) mass is 976 g/mol. The summed E-state index contributed by atoms with van der Waals surface area (Å²) in [6.45, 7) is 8.94. The number of ketones is 1. The average molecular weight is 977 g/mol. The van der Waals surface area contributed by atoms with Crippen LogP contribution in [-0.2, 0) is 55.9 Å². The fourth-order valence-corrected chi connectivity index (χ4v) is 8.57. The number of hydrogen-bond donors (Lipinski definition) is 6. The first kappa shape index (κ1) is 55.6. The molecule has 374 valence electrons. The minimum absolute atomic E-state index is 0.0451. The maximum atomic E-state index is 14.8. The number of carbonyl (C=O) groups is 6. The molecule has 0 unspecified atom stereocenters. The molecular formula is C50H65FN6O11S. The second kappa shape index (κ2) is 26.6. The van der Waals surface area contributed by atoms with Gasteiger partial charge in [-0.2, -0.15) is 8.42 Å². The van der Waals surface area contributed by atoms with E-state index in [1.807, 2.05) is 49.1 Å². The van der Waals surface area contributed by atoms with Crippen molar-refractivity contribution in [3.8, 4) is 12.3 Å². The molecule has 1 heterocycles. The van der Waals surface area contributed by atoms with Crippen LogP contribution in [0.4, 0.5) is 4.39 Å². The summed E-state index contributed by atoms with van der Waals surface area (Å²) in [4.78, 5) is 83.5. The summed E-state index contributed by atoms with van der Waals surface area (Å²) in [5.41, 5.74) is -1.26. The second-order valence-electron chi connectivity index (χ2n) is 18.1. The highest BCUT2D eigenvalue weighted by molar-refractivity contribution is 7.86. The van der Waals surface area contributed by atoms with E-state index >= 15 is 0 Å². The number of aliphatic hydroxyl groups is 1. The number of benzene rings is 3. The normalized spacial score (nSPS) is 15.7. The Kier molecular flexibility index (Phi) is 21.5. The van der Waals surface area contributed by atoms with Crippen LogP contribution < -0.4 is 26.6 Å². The largest absolute Gasteiger partial charge is 0.380 e. The molecule has 0 spiro atoms. The first-order valence-corrected chi connectivity index (χ1v) is 24.4. The second-order valence-corrected chi connectivity index (χ2v) is 19.6. The van der Waals surface area contributed by atoms with Gasteiger partial charge >= 0.3 is 0 Å². The van der Waals surface area contributed by atoms with Gasteiger partial charge in [0.1, 0.15) is 41.0 Å². The first-order chi connectivity index (χ1) is 32.7. The minimum atomic E-state index is -5.03. The summed E-state index contributed by atoms with van der Waals surface area (Å²) in [5, 5.41) is 24.9. The molecule has 1 aliphatic rings. The van der Waals surface area contributed by atoms with Crippen LogP contribution in [0.5, 0.6) is 0 Å². The number of terminal acetylenes is 1. The third kappa shape index (κ3) is 18.1. The summed E-state index contributed by atoms with van der Waals surface area (Å²) < 4.78 is 51.7. The predicted molar refractivity (Wildman–Crippen MR) is 255 cm³/mol. The lowest BCUT2D eigenvalue weighted by atomic mass is 9.90. The Morgan fingerprint density at radius 3 is 1.96 bits per heavy atom. The Hall–Kier alpha value is -6.04. The average Bonchev–Trinajstić information content (AvgIpc) is 3.31. The van der Waals surface area contributed by atoms with E-state index in [9.17, 15) is 46.7 Å². The van der Waals surface area contributed by atoms with Crippen molar-refractivity contribution in [2.75, 3.05) is 46.0 Å². The summed E-state index contributed by atoms with van der Waals surface area (Å²) in [5.74, 6) is -3.81. The first-order valence-electron chi connectivity index (χ1n) is 22.9. The molecule has 0 bridgehead atoms. The van der Waals surface area contributed by atoms with Crippen LogP contribution >= 0.6 is 0 Å². The Labute approximate surface area is 404 Å². The molecule has 6 N–H and O–H groups in total. The van der Waals surface area contributed by atoms with Crippen molar-refractivity contribution in [2.24, 2.45) is 11.8 Å². The zero-order chi connectivity index (χ0) is 50.7. The zero-order valence-corrected chi connectivity index (χ0v) is 40.6. The molecule has 0 aromatic heterocycles. The van der Waals surface area contributed by atoms with Crippen LogP contribution in [0.25, 0.3) is 0 Å². The van der Waals surface area contributed by atoms with Crippen molar-refractivity contribution in [3.63, 3.8) is 0 Å². The van der Waals surface area contributed by atoms with Gasteiger partial charge in [-0.15, -0.1) is 6.42 Å². The molecule has 5 atom stereocenters. The van der Waals surface area contributed by atoms with Gasteiger partial charge in [-0.1, -0.05) is 94.3 Å². The molecule has 4 rings (SSSR count). The molecule has 17 nitrogen and oxygen atoms in total. The quantitative estimate of drug-likeness (QED) is 0.0503. The van der Waals surface area contributed by atoms with Gasteiger partial charge < -0.3 is 36.4 Å². The molecule has 1 aliphatic heterocycles. The highest BCUT2D eigenvalue weighted by atomic mass is 32.2. The molecule has 0 saturated carbocycles. The van der Waals surface area contributed by atoms with Crippen molar-refractivity contribution in [1.29, 1.82) is 0 Å². The number of halogens is 1. The van der Waals surface area contributed by atoms with Crippen molar-refractivity contribution in [3.05, 3.63) is 101 Å². The number of nitrogens with zero attached hydrogens (tertiary/aromatic N) is 1. The Bertz CT molecular complexity index is 2370. The molecule has 19 heteroatoms. The lowest BCUT2D eigenvalue weighted by molar-refractivity contribution is -0.143. The van der Waals surface area contributed by atoms with E-state index in [0.29, 0.717) is 38.3 Å². The number of ether oxygens (including phenoxy) is 1. The van der Waals surface area contributed by atoms with Crippen LogP contribution in [0, 0.1) is 30.0 Å². The lowest BCUT2D eigenvalue weighted by Gasteiger charge is -2.30. The molecule has 5 amide bonds. The van der Waals surface area contributed by atoms with E-state index in [1.54, 1.807) is 44.2 Å². The van der Waals surface area contributed by atoms with Gasteiger partial charge in [-0.05, 0) is 73.8 Å². The number of hydrogen-bond acceptors (Lipinski definition) is 12. The van der Waals surface area contributed by atoms with Crippen molar-refractivity contribution in [1.82, 2.24) is 31.5 Å². The number of morpholine rings is 1. The molecule has 0 radical (unpaired) electrons. The molecule has 3 aromatic rings. The maximum absolute atomic E-state index is 14.8. The molecular weight excluding hydrogens is 912 g/mol. The van der Waals surface area contributed by atoms with Crippen LogP contribution in [0.3, 0.4) is 0 Å². The fraction of sp³-hybridized carbons (Fsp3) is 0.480. The Morgan fingerprint density at radius 2 is 1.35 bits per heavy atom. The van der Waals surface area contributed by atoms with E-state index in [0.717, 1.165) is 30.7 Å². The summed E-state index contributed by atoms with van der Waals surface area (Å²) in [6.07, 6.45) is 5.88. The molecule has 3 aromatic carbocycles. The Morgan fingerprint density at radius 1 is 0.797 bits per heavy atom. The van der Waals surface area contributed by atoms with Crippen molar-refractivity contribution in [2.45, 2.75) is 101 Å². The van der Waals surface area contributed by atoms with E-state index < -0.39 is 86.6 Å². The minimum Gasteiger partial charge on any atom is -0.380 e. The van der Waals surface area contributed by atoms with Crippen molar-refractivity contribution >= 4 is 45.4 Å². The van der Waals surface area contributed by atoms with Crippen LogP contribution in [-0.4, -0.2) is 130 Å². The van der Waals surface area contributed by atoms with Crippen LogP contribution in [0.1, 0.15) is 75.4 Å². The molecule has 69 heavy (non-hydrogen) atoms. The standard InChI is InChI=1S/C50H65FN6O11S/c1-7-22-52-46(60)37-19-20-38(51)43(30-37)69(65,66)68-32-50(6,64)45(59)40(27-33(2)3)54-49(63)42(29-36-16-12-9-13-17-36)56-48(62)41(28-34(4)5)55-47(61)39(21-18-35-14-10-8-11-15-35)53-44(58)31-57-23-25-67-26-24-57/h1,8-17,19-20,30,33-34,39-42,64H,18,21-29,31-32H2,2-6H3,(H,52,60)(H,53,58)(H,54,63)(H,55,61)(H,56,62)/t39-,40-,41-,42-,50+/m0/s1. The summed E-state index contributed by atoms with van der Waals surface area (Å²) >= 11 is 0. The molecule has 0 aliphatic carbocycles. The number of carbonyl (C=O) groups excluding carboxylic acids is 6. The van der Waals surface area contributed by atoms with Gasteiger partial charge in [-0.25, -0.2) is 4.39 Å². The smallest absolute Gasteiger partial charge is 0.300 e. The number of aryl methyl sites for hydroxylation is 1. The third-order valence-corrected chi connectivity index (χ3v) is 12.4. The van der Waals surface area contributed by atoms with Gasteiger partial charge in [0.05, 0.1) is 32.3 Å². The van der Waals surface area contributed by atoms with Crippen LogP contribution in [0.2, 0.25) is 0 Å². The summed E-state index contributed by atoms with van der Waals surface area (Å²) in [7, 11) is -5.03.